The molecule has 0 aliphatic heterocycles. The van der Waals surface area contributed by atoms with E-state index in [0.29, 0.717) is 5.56 Å². The molecule has 0 aliphatic carbocycles. The number of pyridine rings is 2. The molecule has 0 spiro atoms. The van der Waals surface area contributed by atoms with Gasteiger partial charge in [0.2, 0.25) is 0 Å². The number of likely N-dealkylation sites (N-methyl/N-ethyl adjacent to an activating group) is 1. The van der Waals surface area contributed by atoms with Gasteiger partial charge in [0.05, 0.1) is 16.9 Å². The summed E-state index contributed by atoms with van der Waals surface area (Å²) in [4.78, 5) is 14.2. The summed E-state index contributed by atoms with van der Waals surface area (Å²) < 4.78 is 0. The van der Waals surface area contributed by atoms with Gasteiger partial charge in [-0.25, -0.2) is 0 Å². The number of hydrogen-bond acceptors (Lipinski definition) is 6. The predicted octanol–water partition coefficient (Wildman–Crippen LogP) is 4.70. The molecule has 0 saturated carbocycles. The second kappa shape index (κ2) is 10.8. The quantitative estimate of drug-likeness (QED) is 0.319. The maximum atomic E-state index is 9.68. The Kier molecular flexibility index (Phi) is 7.33. The molecule has 0 radical (unpaired) electrons. The molecule has 7 nitrogen and oxygen atoms in total. The van der Waals surface area contributed by atoms with Gasteiger partial charge in [-0.05, 0) is 68.6 Å². The molecule has 3 heterocycles. The molecular formula is C27H29N7. The van der Waals surface area contributed by atoms with E-state index < -0.39 is 0 Å². The summed E-state index contributed by atoms with van der Waals surface area (Å²) in [6.45, 7) is 4.79. The van der Waals surface area contributed by atoms with Crippen LogP contribution in [0.2, 0.25) is 0 Å². The van der Waals surface area contributed by atoms with E-state index >= 15 is 0 Å². The highest BCUT2D eigenvalue weighted by Crippen LogP contribution is 2.31. The zero-order valence-corrected chi connectivity index (χ0v) is 19.8. The third kappa shape index (κ3) is 5.49. The predicted molar refractivity (Wildman–Crippen MR) is 139 cm³/mol. The number of nitrogens with one attached hydrogen (secondary N) is 3. The molecule has 3 aromatic heterocycles. The van der Waals surface area contributed by atoms with Crippen LogP contribution in [0.15, 0.2) is 55.1 Å². The van der Waals surface area contributed by atoms with E-state index in [-0.39, 0.29) is 0 Å². The van der Waals surface area contributed by atoms with E-state index in [9.17, 15) is 5.26 Å². The number of H-pyrrole nitrogens is 1. The molecular weight excluding hydrogens is 422 g/mol. The number of aromatic nitrogens is 3. The van der Waals surface area contributed by atoms with Crippen molar-refractivity contribution in [1.82, 2.24) is 25.2 Å². The third-order valence-corrected chi connectivity index (χ3v) is 5.71. The number of aryl methyl sites for hydroxylation is 1. The summed E-state index contributed by atoms with van der Waals surface area (Å²) in [6.07, 6.45) is 11.0. The highest BCUT2D eigenvalue weighted by molar-refractivity contribution is 5.90. The molecule has 0 bridgehead atoms. The van der Waals surface area contributed by atoms with Crippen molar-refractivity contribution < 1.29 is 0 Å². The van der Waals surface area contributed by atoms with Crippen molar-refractivity contribution in [3.05, 3.63) is 83.1 Å². The summed E-state index contributed by atoms with van der Waals surface area (Å²) in [7, 11) is 4.13. The van der Waals surface area contributed by atoms with Gasteiger partial charge in [0.15, 0.2) is 0 Å². The van der Waals surface area contributed by atoms with Crippen molar-refractivity contribution in [1.29, 1.82) is 5.26 Å². The molecule has 0 aliphatic rings. The number of benzene rings is 1. The zero-order valence-electron chi connectivity index (χ0n) is 19.8. The van der Waals surface area contributed by atoms with Crippen LogP contribution in [-0.2, 0) is 6.54 Å². The van der Waals surface area contributed by atoms with Gasteiger partial charge in [0.25, 0.3) is 0 Å². The van der Waals surface area contributed by atoms with Crippen LogP contribution in [0.5, 0.6) is 0 Å². The number of aromatic amines is 1. The van der Waals surface area contributed by atoms with Crippen LogP contribution >= 0.6 is 0 Å². The third-order valence-electron chi connectivity index (χ3n) is 5.71. The largest absolute Gasteiger partial charge is 0.361 e. The van der Waals surface area contributed by atoms with Crippen LogP contribution in [0.25, 0.3) is 23.1 Å². The van der Waals surface area contributed by atoms with Crippen LogP contribution in [0.4, 0.5) is 11.4 Å². The number of hydrogen-bond donors (Lipinski definition) is 3. The molecule has 0 unspecified atom stereocenters. The lowest BCUT2D eigenvalue weighted by Crippen LogP contribution is -2.26. The molecule has 34 heavy (non-hydrogen) atoms. The Morgan fingerprint density at radius 1 is 1.09 bits per heavy atom. The van der Waals surface area contributed by atoms with Gasteiger partial charge < -0.3 is 20.5 Å². The minimum absolute atomic E-state index is 0.489. The van der Waals surface area contributed by atoms with Crippen molar-refractivity contribution in [2.24, 2.45) is 0 Å². The van der Waals surface area contributed by atoms with E-state index in [4.69, 9.17) is 0 Å². The van der Waals surface area contributed by atoms with Gasteiger partial charge in [-0.15, -0.1) is 0 Å². The number of fused-ring (bicyclic) bond motifs is 1. The Labute approximate surface area is 200 Å². The van der Waals surface area contributed by atoms with E-state index in [1.165, 1.54) is 0 Å². The topological polar surface area (TPSA) is 92.7 Å². The molecule has 0 amide bonds. The Hall–Kier alpha value is -3.99. The monoisotopic (exact) mass is 451 g/mol. The standard InChI is InChI=1S/C27H29N7/c1-19-24-10-11-31-26(24)9-8-25(19)33-27-21(17-30-18-22(27)14-28)5-7-23-6-4-20(16-32-23)15-29-12-13-34(2)3/h4-11,16-18,29,31H,12-13,15H2,1-3H3,(H,30,33). The molecule has 7 heteroatoms. The maximum absolute atomic E-state index is 9.68. The van der Waals surface area contributed by atoms with Gasteiger partial charge in [-0.3, -0.25) is 9.97 Å². The van der Waals surface area contributed by atoms with Gasteiger partial charge in [-0.2, -0.15) is 5.26 Å². The number of nitriles is 1. The minimum atomic E-state index is 0.489. The first kappa shape index (κ1) is 23.2. The van der Waals surface area contributed by atoms with Crippen molar-refractivity contribution in [3.8, 4) is 6.07 Å². The highest BCUT2D eigenvalue weighted by atomic mass is 15.1. The fourth-order valence-corrected chi connectivity index (χ4v) is 3.73. The summed E-state index contributed by atoms with van der Waals surface area (Å²) in [5.41, 5.74) is 7.18. The fourth-order valence-electron chi connectivity index (χ4n) is 3.73. The average molecular weight is 452 g/mol. The lowest BCUT2D eigenvalue weighted by molar-refractivity contribution is 0.400. The van der Waals surface area contributed by atoms with Gasteiger partial charge in [0, 0.05) is 66.6 Å². The van der Waals surface area contributed by atoms with E-state index in [2.05, 4.69) is 69.7 Å². The van der Waals surface area contributed by atoms with Crippen molar-refractivity contribution in [2.45, 2.75) is 13.5 Å². The van der Waals surface area contributed by atoms with Crippen LogP contribution in [0, 0.1) is 18.3 Å². The fraction of sp³-hybridized carbons (Fsp3) is 0.222. The Morgan fingerprint density at radius 3 is 2.74 bits per heavy atom. The SMILES string of the molecule is Cc1c(Nc2c(C#N)cncc2C=Cc2ccc(CNCCN(C)C)cn2)ccc2[nH]ccc12. The highest BCUT2D eigenvalue weighted by Gasteiger charge is 2.11. The number of nitrogens with zero attached hydrogens (tertiary/aromatic N) is 4. The smallest absolute Gasteiger partial charge is 0.103 e. The molecule has 172 valence electrons. The first-order valence-electron chi connectivity index (χ1n) is 11.3. The van der Waals surface area contributed by atoms with Gasteiger partial charge in [0.1, 0.15) is 6.07 Å². The molecule has 0 saturated heterocycles. The van der Waals surface area contributed by atoms with E-state index in [1.54, 1.807) is 12.4 Å². The second-order valence-electron chi connectivity index (χ2n) is 8.47. The maximum Gasteiger partial charge on any atom is 0.103 e. The summed E-state index contributed by atoms with van der Waals surface area (Å²) in [5.74, 6) is 0. The minimum Gasteiger partial charge on any atom is -0.361 e. The van der Waals surface area contributed by atoms with Gasteiger partial charge in [-0.1, -0.05) is 6.07 Å². The van der Waals surface area contributed by atoms with E-state index in [0.717, 1.165) is 64.3 Å². The van der Waals surface area contributed by atoms with Gasteiger partial charge >= 0.3 is 0 Å². The molecule has 0 atom stereocenters. The van der Waals surface area contributed by atoms with Crippen molar-refractivity contribution >= 4 is 34.4 Å². The Morgan fingerprint density at radius 2 is 1.97 bits per heavy atom. The molecule has 0 fully saturated rings. The number of rotatable bonds is 9. The average Bonchev–Trinajstić information content (AvgIpc) is 3.33. The molecule has 3 N–H and O–H groups in total. The lowest BCUT2D eigenvalue weighted by Gasteiger charge is -2.14. The Bertz CT molecular complexity index is 1330. The summed E-state index contributed by atoms with van der Waals surface area (Å²) in [5, 5.41) is 17.7. The van der Waals surface area contributed by atoms with Crippen LogP contribution in [0.3, 0.4) is 0 Å². The first-order chi connectivity index (χ1) is 16.5. The molecule has 4 aromatic rings. The van der Waals surface area contributed by atoms with Crippen molar-refractivity contribution in [3.63, 3.8) is 0 Å². The normalized spacial score (nSPS) is 11.4. The molecule has 4 rings (SSSR count). The molecule has 1 aromatic carbocycles. The second-order valence-corrected chi connectivity index (χ2v) is 8.47. The lowest BCUT2D eigenvalue weighted by atomic mass is 10.1. The first-order valence-corrected chi connectivity index (χ1v) is 11.3. The zero-order chi connectivity index (χ0) is 23.9. The summed E-state index contributed by atoms with van der Waals surface area (Å²) >= 11 is 0. The van der Waals surface area contributed by atoms with E-state index in [1.807, 2.05) is 42.7 Å². The summed E-state index contributed by atoms with van der Waals surface area (Å²) in [6, 6.07) is 12.4. The number of anilines is 2. The van der Waals surface area contributed by atoms with Crippen LogP contribution in [0.1, 0.15) is 27.9 Å². The van der Waals surface area contributed by atoms with Crippen molar-refractivity contribution in [2.75, 3.05) is 32.5 Å². The van der Waals surface area contributed by atoms with Crippen LogP contribution < -0.4 is 10.6 Å². The van der Waals surface area contributed by atoms with Crippen LogP contribution in [-0.4, -0.2) is 47.0 Å². The Balaban J connectivity index is 1.52.